The minimum Gasteiger partial charge on any atom is -0.336 e. The van der Waals surface area contributed by atoms with Crippen LogP contribution in [0.4, 0.5) is 4.79 Å². The summed E-state index contributed by atoms with van der Waals surface area (Å²) in [7, 11) is -3.56. The zero-order valence-corrected chi connectivity index (χ0v) is 10.7. The van der Waals surface area contributed by atoms with Gasteiger partial charge in [-0.1, -0.05) is 0 Å². The van der Waals surface area contributed by atoms with E-state index in [1.54, 1.807) is 0 Å². The molecule has 2 fully saturated rings. The highest BCUT2D eigenvalue weighted by atomic mass is 32.2. The summed E-state index contributed by atoms with van der Waals surface area (Å²) < 4.78 is 27.0. The van der Waals surface area contributed by atoms with Gasteiger partial charge in [0, 0.05) is 19.5 Å². The molecule has 2 saturated heterocycles. The molecule has 0 aromatic carbocycles. The molecule has 2 heterocycles. The maximum Gasteiger partial charge on any atom is 0.319 e. The SMILES string of the molecule is CS(=O)(=O)O[C@@H]1C[C@H](N2CCNC2=O)N(C=O)C1. The average molecular weight is 277 g/mol. The van der Waals surface area contributed by atoms with Crippen molar-refractivity contribution in [2.75, 3.05) is 25.9 Å². The molecule has 0 bridgehead atoms. The molecule has 2 aliphatic rings. The number of hydrogen-bond donors (Lipinski definition) is 1. The minimum absolute atomic E-state index is 0.172. The molecule has 8 nitrogen and oxygen atoms in total. The molecular weight excluding hydrogens is 262 g/mol. The average Bonchev–Trinajstić information content (AvgIpc) is 2.81. The summed E-state index contributed by atoms with van der Waals surface area (Å²) in [5, 5.41) is 2.64. The monoisotopic (exact) mass is 277 g/mol. The van der Waals surface area contributed by atoms with E-state index in [1.807, 2.05) is 0 Å². The van der Waals surface area contributed by atoms with Crippen molar-refractivity contribution in [1.82, 2.24) is 15.1 Å². The predicted molar refractivity (Wildman–Crippen MR) is 61.0 cm³/mol. The number of rotatable bonds is 4. The second-order valence-electron chi connectivity index (χ2n) is 4.37. The molecule has 1 N–H and O–H groups in total. The first-order chi connectivity index (χ1) is 8.40. The molecule has 18 heavy (non-hydrogen) atoms. The highest BCUT2D eigenvalue weighted by molar-refractivity contribution is 7.86. The summed E-state index contributed by atoms with van der Waals surface area (Å²) in [5.74, 6) is 0. The number of amides is 3. The lowest BCUT2D eigenvalue weighted by molar-refractivity contribution is -0.121. The summed E-state index contributed by atoms with van der Waals surface area (Å²) in [5.41, 5.74) is 0. The Morgan fingerprint density at radius 3 is 2.72 bits per heavy atom. The van der Waals surface area contributed by atoms with E-state index in [1.165, 1.54) is 9.80 Å². The van der Waals surface area contributed by atoms with E-state index in [9.17, 15) is 18.0 Å². The summed E-state index contributed by atoms with van der Waals surface area (Å²) in [4.78, 5) is 25.4. The first kappa shape index (κ1) is 13.1. The number of carbonyl (C=O) groups excluding carboxylic acids is 2. The molecule has 0 aromatic rings. The van der Waals surface area contributed by atoms with E-state index in [0.717, 1.165) is 6.26 Å². The maximum absolute atomic E-state index is 11.5. The van der Waals surface area contributed by atoms with E-state index >= 15 is 0 Å². The van der Waals surface area contributed by atoms with Crippen LogP contribution < -0.4 is 5.32 Å². The van der Waals surface area contributed by atoms with Crippen molar-refractivity contribution in [3.63, 3.8) is 0 Å². The highest BCUT2D eigenvalue weighted by Crippen LogP contribution is 2.24. The molecule has 0 radical (unpaired) electrons. The Kier molecular flexibility index (Phi) is 3.44. The summed E-state index contributed by atoms with van der Waals surface area (Å²) in [6, 6.07) is -0.244. The quantitative estimate of drug-likeness (QED) is 0.501. The highest BCUT2D eigenvalue weighted by Gasteiger charge is 2.40. The second kappa shape index (κ2) is 4.73. The van der Waals surface area contributed by atoms with Crippen LogP contribution in [0.25, 0.3) is 0 Å². The molecule has 2 rings (SSSR count). The van der Waals surface area contributed by atoms with E-state index in [4.69, 9.17) is 4.18 Å². The van der Waals surface area contributed by atoms with E-state index in [-0.39, 0.29) is 12.6 Å². The van der Waals surface area contributed by atoms with Crippen LogP contribution in [0.3, 0.4) is 0 Å². The second-order valence-corrected chi connectivity index (χ2v) is 5.97. The van der Waals surface area contributed by atoms with Gasteiger partial charge in [-0.15, -0.1) is 0 Å². The van der Waals surface area contributed by atoms with Gasteiger partial charge in [0.1, 0.15) is 6.17 Å². The lowest BCUT2D eigenvalue weighted by Crippen LogP contribution is -2.45. The number of carbonyl (C=O) groups is 2. The zero-order valence-electron chi connectivity index (χ0n) is 9.90. The molecule has 0 unspecified atom stereocenters. The van der Waals surface area contributed by atoms with Gasteiger partial charge in [0.05, 0.1) is 18.9 Å². The standard InChI is InChI=1S/C9H15N3O5S/c1-18(15,16)17-7-4-8(11(5-7)6-13)12-3-2-10-9(12)14/h6-8H,2-5H2,1H3,(H,10,14)/t7-,8+/m1/s1. The first-order valence-corrected chi connectivity index (χ1v) is 7.36. The van der Waals surface area contributed by atoms with Crippen molar-refractivity contribution in [2.24, 2.45) is 0 Å². The van der Waals surface area contributed by atoms with Crippen LogP contribution in [0.1, 0.15) is 6.42 Å². The molecule has 0 aromatic heterocycles. The third kappa shape index (κ3) is 2.72. The van der Waals surface area contributed by atoms with Crippen LogP contribution >= 0.6 is 0 Å². The molecule has 0 aliphatic carbocycles. The zero-order chi connectivity index (χ0) is 13.3. The Morgan fingerprint density at radius 2 is 2.22 bits per heavy atom. The number of urea groups is 1. The smallest absolute Gasteiger partial charge is 0.319 e. The number of likely N-dealkylation sites (tertiary alicyclic amines) is 1. The van der Waals surface area contributed by atoms with Gasteiger partial charge in [-0.3, -0.25) is 8.98 Å². The Hall–Kier alpha value is -1.35. The van der Waals surface area contributed by atoms with Crippen LogP contribution in [0.2, 0.25) is 0 Å². The van der Waals surface area contributed by atoms with Crippen molar-refractivity contribution in [2.45, 2.75) is 18.7 Å². The lowest BCUT2D eigenvalue weighted by atomic mass is 10.3. The molecule has 2 aliphatic heterocycles. The van der Waals surface area contributed by atoms with Crippen molar-refractivity contribution in [3.8, 4) is 0 Å². The number of hydrogen-bond acceptors (Lipinski definition) is 5. The fraction of sp³-hybridized carbons (Fsp3) is 0.778. The van der Waals surface area contributed by atoms with Gasteiger partial charge < -0.3 is 15.1 Å². The summed E-state index contributed by atoms with van der Waals surface area (Å²) >= 11 is 0. The largest absolute Gasteiger partial charge is 0.336 e. The molecule has 3 amide bonds. The van der Waals surface area contributed by atoms with E-state index in [0.29, 0.717) is 25.9 Å². The fourth-order valence-corrected chi connectivity index (χ4v) is 2.94. The van der Waals surface area contributed by atoms with Gasteiger partial charge in [0.15, 0.2) is 0 Å². The number of nitrogens with zero attached hydrogens (tertiary/aromatic N) is 2. The fourth-order valence-electron chi connectivity index (χ4n) is 2.31. The van der Waals surface area contributed by atoms with E-state index in [2.05, 4.69) is 5.32 Å². The van der Waals surface area contributed by atoms with Crippen molar-refractivity contribution < 1.29 is 22.2 Å². The normalized spacial score (nSPS) is 28.6. The van der Waals surface area contributed by atoms with Gasteiger partial charge in [0.2, 0.25) is 6.41 Å². The third-order valence-corrected chi connectivity index (χ3v) is 3.59. The molecule has 0 spiro atoms. The van der Waals surface area contributed by atoms with Gasteiger partial charge in [-0.25, -0.2) is 4.79 Å². The van der Waals surface area contributed by atoms with Crippen molar-refractivity contribution in [3.05, 3.63) is 0 Å². The van der Waals surface area contributed by atoms with Crippen LogP contribution in [-0.4, -0.2) is 68.8 Å². The predicted octanol–water partition coefficient (Wildman–Crippen LogP) is -1.46. The third-order valence-electron chi connectivity index (χ3n) is 2.97. The van der Waals surface area contributed by atoms with Crippen LogP contribution in [0, 0.1) is 0 Å². The van der Waals surface area contributed by atoms with Crippen LogP contribution in [-0.2, 0) is 19.1 Å². The Bertz CT molecular complexity index is 451. The van der Waals surface area contributed by atoms with Crippen molar-refractivity contribution >= 4 is 22.6 Å². The lowest BCUT2D eigenvalue weighted by Gasteiger charge is -2.28. The Balaban J connectivity index is 2.07. The molecular formula is C9H15N3O5S. The number of nitrogens with one attached hydrogen (secondary N) is 1. The summed E-state index contributed by atoms with van der Waals surface area (Å²) in [6.45, 7) is 1.20. The topological polar surface area (TPSA) is 96.0 Å². The Morgan fingerprint density at radius 1 is 1.50 bits per heavy atom. The van der Waals surface area contributed by atoms with Gasteiger partial charge in [-0.2, -0.15) is 8.42 Å². The molecule has 102 valence electrons. The van der Waals surface area contributed by atoms with Crippen LogP contribution in [0.5, 0.6) is 0 Å². The van der Waals surface area contributed by atoms with Gasteiger partial charge >= 0.3 is 6.03 Å². The maximum atomic E-state index is 11.5. The molecule has 9 heteroatoms. The summed E-state index contributed by atoms with van der Waals surface area (Å²) in [6.07, 6.45) is 0.857. The minimum atomic E-state index is -3.56. The van der Waals surface area contributed by atoms with Crippen molar-refractivity contribution in [1.29, 1.82) is 0 Å². The van der Waals surface area contributed by atoms with Gasteiger partial charge in [-0.05, 0) is 0 Å². The first-order valence-electron chi connectivity index (χ1n) is 5.54. The molecule has 2 atom stereocenters. The van der Waals surface area contributed by atoms with E-state index < -0.39 is 22.4 Å². The molecule has 0 saturated carbocycles. The van der Waals surface area contributed by atoms with Crippen LogP contribution in [0.15, 0.2) is 0 Å². The van der Waals surface area contributed by atoms with Gasteiger partial charge in [0.25, 0.3) is 10.1 Å². The Labute approximate surface area is 105 Å².